The Bertz CT molecular complexity index is 992. The van der Waals surface area contributed by atoms with Gasteiger partial charge in [0.05, 0.1) is 16.8 Å². The molecule has 1 aliphatic heterocycles. The van der Waals surface area contributed by atoms with Crippen LogP contribution in [0.1, 0.15) is 28.1 Å². The van der Waals surface area contributed by atoms with Crippen LogP contribution >= 0.6 is 11.3 Å². The first-order chi connectivity index (χ1) is 12.8. The Morgan fingerprint density at radius 2 is 2.11 bits per heavy atom. The van der Waals surface area contributed by atoms with E-state index in [1.54, 1.807) is 12.1 Å². The molecule has 0 spiro atoms. The van der Waals surface area contributed by atoms with Crippen molar-refractivity contribution in [2.75, 3.05) is 6.54 Å². The number of primary amides is 1. The minimum Gasteiger partial charge on any atom is -0.366 e. The summed E-state index contributed by atoms with van der Waals surface area (Å²) in [6, 6.07) is 7.75. The number of nitrogens with zero attached hydrogens (tertiary/aromatic N) is 2. The van der Waals surface area contributed by atoms with Crippen LogP contribution in [0.2, 0.25) is 0 Å². The molecule has 142 valence electrons. The molecular weight excluding hydrogens is 375 g/mol. The second-order valence-corrected chi connectivity index (χ2v) is 7.73. The van der Waals surface area contributed by atoms with Gasteiger partial charge in [0.25, 0.3) is 5.91 Å². The van der Waals surface area contributed by atoms with Gasteiger partial charge in [0.15, 0.2) is 0 Å². The van der Waals surface area contributed by atoms with Gasteiger partial charge in [0, 0.05) is 28.4 Å². The lowest BCUT2D eigenvalue weighted by molar-refractivity contribution is -0.177. The first-order valence-corrected chi connectivity index (χ1v) is 9.51. The third-order valence-corrected chi connectivity index (χ3v) is 5.90. The number of likely N-dealkylation sites (tertiary alicyclic amines) is 1. The quantitative estimate of drug-likeness (QED) is 0.718. The second kappa shape index (κ2) is 6.69. The van der Waals surface area contributed by atoms with Crippen LogP contribution < -0.4 is 5.73 Å². The van der Waals surface area contributed by atoms with Gasteiger partial charge in [-0.05, 0) is 37.6 Å². The number of hydrogen-bond acceptors (Lipinski definition) is 3. The van der Waals surface area contributed by atoms with E-state index in [9.17, 15) is 18.0 Å². The molecule has 2 aromatic heterocycles. The van der Waals surface area contributed by atoms with Crippen molar-refractivity contribution in [1.29, 1.82) is 0 Å². The molecule has 1 atom stereocenters. The molecule has 8 heteroatoms. The van der Waals surface area contributed by atoms with Crippen LogP contribution in [0, 0.1) is 0 Å². The molecule has 0 aliphatic carbocycles. The van der Waals surface area contributed by atoms with Gasteiger partial charge in [-0.25, -0.2) is 0 Å². The lowest BCUT2D eigenvalue weighted by Gasteiger charge is -2.25. The molecule has 0 radical (unpaired) electrons. The first-order valence-electron chi connectivity index (χ1n) is 8.63. The molecule has 4 nitrogen and oxygen atoms in total. The average molecular weight is 393 g/mol. The van der Waals surface area contributed by atoms with Crippen molar-refractivity contribution in [2.24, 2.45) is 5.73 Å². The average Bonchev–Trinajstić information content (AvgIpc) is 3.32. The number of alkyl halides is 3. The molecule has 0 saturated carbocycles. The summed E-state index contributed by atoms with van der Waals surface area (Å²) in [4.78, 5) is 14.1. The molecule has 1 saturated heterocycles. The number of carbonyl (C=O) groups excluding carboxylic acids is 1. The number of halogens is 3. The molecule has 1 aliphatic rings. The minimum absolute atomic E-state index is 0.159. The molecule has 4 rings (SSSR count). The van der Waals surface area contributed by atoms with E-state index in [0.717, 1.165) is 16.0 Å². The number of hydrogen-bond donors (Lipinski definition) is 1. The van der Waals surface area contributed by atoms with E-state index in [1.165, 1.54) is 16.2 Å². The maximum Gasteiger partial charge on any atom is 0.404 e. The van der Waals surface area contributed by atoms with E-state index in [2.05, 4.69) is 0 Å². The standard InChI is InChI=1S/C19H18F3N3OS/c20-19(21,22)16-5-2-7-24(16)10-14-9-13(11-27-14)25-8-6-12-3-1-4-15(17(12)25)18(23)26/h1,3-4,6,8-9,11,16H,2,5,7,10H2,(H2,23,26)/t16-/m0/s1. The number of rotatable bonds is 4. The predicted octanol–water partition coefficient (Wildman–Crippen LogP) is 4.32. The number of amides is 1. The molecular formula is C19H18F3N3OS. The zero-order valence-corrected chi connectivity index (χ0v) is 15.2. The van der Waals surface area contributed by atoms with Gasteiger partial charge in [0.2, 0.25) is 0 Å². The lowest BCUT2D eigenvalue weighted by atomic mass is 10.1. The maximum atomic E-state index is 13.2. The van der Waals surface area contributed by atoms with Crippen molar-refractivity contribution in [3.05, 3.63) is 52.3 Å². The third kappa shape index (κ3) is 3.35. The lowest BCUT2D eigenvalue weighted by Crippen LogP contribution is -2.40. The summed E-state index contributed by atoms with van der Waals surface area (Å²) in [6.45, 7) is 0.729. The summed E-state index contributed by atoms with van der Waals surface area (Å²) in [7, 11) is 0. The molecule has 1 aromatic carbocycles. The van der Waals surface area contributed by atoms with E-state index in [1.807, 2.05) is 34.3 Å². The number of nitrogens with two attached hydrogens (primary N) is 1. The highest BCUT2D eigenvalue weighted by atomic mass is 32.1. The second-order valence-electron chi connectivity index (χ2n) is 6.73. The molecule has 3 heterocycles. The van der Waals surface area contributed by atoms with Crippen molar-refractivity contribution in [2.45, 2.75) is 31.6 Å². The van der Waals surface area contributed by atoms with E-state index in [0.29, 0.717) is 24.0 Å². The highest BCUT2D eigenvalue weighted by Gasteiger charge is 2.45. The molecule has 1 fully saturated rings. The maximum absolute atomic E-state index is 13.2. The van der Waals surface area contributed by atoms with Crippen molar-refractivity contribution >= 4 is 28.1 Å². The van der Waals surface area contributed by atoms with Crippen LogP contribution in [0.15, 0.2) is 41.9 Å². The van der Waals surface area contributed by atoms with Crippen LogP contribution in [0.25, 0.3) is 16.6 Å². The fraction of sp³-hybridized carbons (Fsp3) is 0.316. The molecule has 0 unspecified atom stereocenters. The Labute approximate surface area is 158 Å². The smallest absolute Gasteiger partial charge is 0.366 e. The molecule has 0 bridgehead atoms. The van der Waals surface area contributed by atoms with Crippen molar-refractivity contribution < 1.29 is 18.0 Å². The van der Waals surface area contributed by atoms with E-state index < -0.39 is 18.1 Å². The van der Waals surface area contributed by atoms with Crippen molar-refractivity contribution in [3.63, 3.8) is 0 Å². The van der Waals surface area contributed by atoms with E-state index >= 15 is 0 Å². The summed E-state index contributed by atoms with van der Waals surface area (Å²) in [5, 5.41) is 2.78. The Morgan fingerprint density at radius 1 is 1.30 bits per heavy atom. The predicted molar refractivity (Wildman–Crippen MR) is 99.2 cm³/mol. The number of benzene rings is 1. The Hall–Kier alpha value is -2.32. The topological polar surface area (TPSA) is 51.3 Å². The van der Waals surface area contributed by atoms with Gasteiger partial charge in [-0.1, -0.05) is 12.1 Å². The number of aromatic nitrogens is 1. The number of fused-ring (bicyclic) bond motifs is 1. The van der Waals surface area contributed by atoms with Gasteiger partial charge < -0.3 is 10.3 Å². The molecule has 2 N–H and O–H groups in total. The van der Waals surface area contributed by atoms with Crippen LogP contribution in [-0.2, 0) is 6.54 Å². The van der Waals surface area contributed by atoms with Gasteiger partial charge in [0.1, 0.15) is 6.04 Å². The first kappa shape index (κ1) is 18.1. The van der Waals surface area contributed by atoms with Crippen LogP contribution in [-0.4, -0.2) is 34.1 Å². The molecule has 1 amide bonds. The Kier molecular flexibility index (Phi) is 4.47. The van der Waals surface area contributed by atoms with Crippen molar-refractivity contribution in [1.82, 2.24) is 9.47 Å². The summed E-state index contributed by atoms with van der Waals surface area (Å²) in [5.41, 5.74) is 7.44. The summed E-state index contributed by atoms with van der Waals surface area (Å²) in [6.07, 6.45) is -1.63. The van der Waals surface area contributed by atoms with Gasteiger partial charge >= 0.3 is 6.18 Å². The highest BCUT2D eigenvalue weighted by Crippen LogP contribution is 2.35. The Morgan fingerprint density at radius 3 is 2.85 bits per heavy atom. The van der Waals surface area contributed by atoms with E-state index in [4.69, 9.17) is 5.73 Å². The zero-order valence-electron chi connectivity index (χ0n) is 14.4. The fourth-order valence-corrected chi connectivity index (χ4v) is 4.66. The van der Waals surface area contributed by atoms with Crippen molar-refractivity contribution in [3.8, 4) is 5.69 Å². The summed E-state index contributed by atoms with van der Waals surface area (Å²) < 4.78 is 41.3. The van der Waals surface area contributed by atoms with Gasteiger partial charge in [-0.15, -0.1) is 11.3 Å². The monoisotopic (exact) mass is 393 g/mol. The van der Waals surface area contributed by atoms with Crippen LogP contribution in [0.3, 0.4) is 0 Å². The normalized spacial score (nSPS) is 18.4. The van der Waals surface area contributed by atoms with Crippen LogP contribution in [0.5, 0.6) is 0 Å². The molecule has 3 aromatic rings. The molecule has 27 heavy (non-hydrogen) atoms. The van der Waals surface area contributed by atoms with Gasteiger partial charge in [-0.2, -0.15) is 13.2 Å². The van der Waals surface area contributed by atoms with Crippen LogP contribution in [0.4, 0.5) is 13.2 Å². The zero-order chi connectivity index (χ0) is 19.2. The minimum atomic E-state index is -4.19. The summed E-state index contributed by atoms with van der Waals surface area (Å²) in [5.74, 6) is -0.513. The Balaban J connectivity index is 1.64. The SMILES string of the molecule is NC(=O)c1cccc2ccn(-c3csc(CN4CCC[C@H]4C(F)(F)F)c3)c12. The number of para-hydroxylation sites is 1. The highest BCUT2D eigenvalue weighted by molar-refractivity contribution is 7.10. The van der Waals surface area contributed by atoms with Gasteiger partial charge in [-0.3, -0.25) is 9.69 Å². The fourth-order valence-electron chi connectivity index (χ4n) is 3.77. The summed E-state index contributed by atoms with van der Waals surface area (Å²) >= 11 is 1.42. The number of carbonyl (C=O) groups is 1. The third-order valence-electron chi connectivity index (χ3n) is 5.00. The largest absolute Gasteiger partial charge is 0.404 e. The number of thiophene rings is 1. The van der Waals surface area contributed by atoms with E-state index in [-0.39, 0.29) is 13.0 Å².